The zero-order valence-corrected chi connectivity index (χ0v) is 14.5. The highest BCUT2D eigenvalue weighted by molar-refractivity contribution is 5.41. The summed E-state index contributed by atoms with van der Waals surface area (Å²) >= 11 is 0. The maximum Gasteiger partial charge on any atom is 0.124 e. The number of aliphatic hydroxyl groups is 1. The summed E-state index contributed by atoms with van der Waals surface area (Å²) in [5, 5.41) is 18.5. The van der Waals surface area contributed by atoms with Gasteiger partial charge in [0.15, 0.2) is 0 Å². The van der Waals surface area contributed by atoms with Crippen LogP contribution in [0.25, 0.3) is 0 Å². The fraction of sp³-hybridized carbons (Fsp3) is 0.500. The number of fused-ring (bicyclic) bond motifs is 1. The van der Waals surface area contributed by atoms with Crippen LogP contribution in [0.1, 0.15) is 41.8 Å². The van der Waals surface area contributed by atoms with Gasteiger partial charge in [0.1, 0.15) is 11.5 Å². The largest absolute Gasteiger partial charge is 0.497 e. The van der Waals surface area contributed by atoms with Crippen LogP contribution >= 0.6 is 0 Å². The summed E-state index contributed by atoms with van der Waals surface area (Å²) in [6, 6.07) is 5.69. The average Bonchev–Trinajstić information content (AvgIpc) is 3.01. The van der Waals surface area contributed by atoms with E-state index in [2.05, 4.69) is 10.4 Å². The predicted octanol–water partition coefficient (Wildman–Crippen LogP) is 2.14. The van der Waals surface area contributed by atoms with Gasteiger partial charge in [-0.05, 0) is 37.5 Å². The SMILES string of the molecule is COc1ccc(OC)c([C@H](O)CN[C@H]2CCCc3c2cnn3C)c1. The summed E-state index contributed by atoms with van der Waals surface area (Å²) < 4.78 is 12.6. The van der Waals surface area contributed by atoms with Gasteiger partial charge in [-0.15, -0.1) is 0 Å². The van der Waals surface area contributed by atoms with E-state index < -0.39 is 6.10 Å². The Balaban J connectivity index is 1.71. The Labute approximate surface area is 142 Å². The Kier molecular flexibility index (Phi) is 5.06. The first-order valence-corrected chi connectivity index (χ1v) is 8.28. The molecule has 1 aromatic carbocycles. The molecule has 1 heterocycles. The quantitative estimate of drug-likeness (QED) is 0.849. The average molecular weight is 331 g/mol. The van der Waals surface area contributed by atoms with Crippen molar-refractivity contribution >= 4 is 0 Å². The van der Waals surface area contributed by atoms with Crippen molar-refractivity contribution in [1.82, 2.24) is 15.1 Å². The molecule has 0 fully saturated rings. The van der Waals surface area contributed by atoms with Gasteiger partial charge < -0.3 is 19.9 Å². The van der Waals surface area contributed by atoms with E-state index in [9.17, 15) is 5.11 Å². The minimum atomic E-state index is -0.669. The number of rotatable bonds is 6. The summed E-state index contributed by atoms with van der Waals surface area (Å²) in [5.41, 5.74) is 3.26. The van der Waals surface area contributed by atoms with Gasteiger partial charge >= 0.3 is 0 Å². The number of ether oxygens (including phenoxy) is 2. The zero-order valence-electron chi connectivity index (χ0n) is 14.5. The molecule has 1 aromatic heterocycles. The molecule has 2 N–H and O–H groups in total. The molecule has 0 spiro atoms. The Morgan fingerprint density at radius 2 is 2.21 bits per heavy atom. The topological polar surface area (TPSA) is 68.5 Å². The van der Waals surface area contributed by atoms with Crippen molar-refractivity contribution < 1.29 is 14.6 Å². The van der Waals surface area contributed by atoms with Crippen molar-refractivity contribution in [3.05, 3.63) is 41.2 Å². The molecule has 130 valence electrons. The first kappa shape index (κ1) is 16.8. The van der Waals surface area contributed by atoms with Crippen LogP contribution < -0.4 is 14.8 Å². The summed E-state index contributed by atoms with van der Waals surface area (Å²) in [7, 11) is 5.20. The van der Waals surface area contributed by atoms with Crippen LogP contribution in [0, 0.1) is 0 Å². The Morgan fingerprint density at radius 1 is 1.38 bits per heavy atom. The third kappa shape index (κ3) is 3.25. The fourth-order valence-corrected chi connectivity index (χ4v) is 3.38. The van der Waals surface area contributed by atoms with E-state index >= 15 is 0 Å². The monoisotopic (exact) mass is 331 g/mol. The van der Waals surface area contributed by atoms with Gasteiger partial charge in [0.2, 0.25) is 0 Å². The van der Waals surface area contributed by atoms with Crippen LogP contribution in [0.2, 0.25) is 0 Å². The fourth-order valence-electron chi connectivity index (χ4n) is 3.38. The summed E-state index contributed by atoms with van der Waals surface area (Å²) in [5.74, 6) is 1.37. The minimum Gasteiger partial charge on any atom is -0.497 e. The molecule has 6 nitrogen and oxygen atoms in total. The molecule has 0 unspecified atom stereocenters. The van der Waals surface area contributed by atoms with Crippen molar-refractivity contribution in [1.29, 1.82) is 0 Å². The van der Waals surface area contributed by atoms with Crippen LogP contribution in [0.5, 0.6) is 11.5 Å². The van der Waals surface area contributed by atoms with Gasteiger partial charge in [-0.1, -0.05) is 0 Å². The van der Waals surface area contributed by atoms with Crippen molar-refractivity contribution in [2.75, 3.05) is 20.8 Å². The first-order chi connectivity index (χ1) is 11.6. The molecule has 1 aliphatic rings. The van der Waals surface area contributed by atoms with Gasteiger partial charge in [0, 0.05) is 36.5 Å². The van der Waals surface area contributed by atoms with Crippen LogP contribution in [-0.4, -0.2) is 35.7 Å². The standard InChI is InChI=1S/C18H25N3O3/c1-21-16-6-4-5-15(14(16)10-20-21)19-11-17(22)13-9-12(23-2)7-8-18(13)24-3/h7-10,15,17,19,22H,4-6,11H2,1-3H3/t15-,17+/m0/s1. The van der Waals surface area contributed by atoms with Crippen LogP contribution in [0.15, 0.2) is 24.4 Å². The molecular formula is C18H25N3O3. The number of nitrogens with one attached hydrogen (secondary N) is 1. The lowest BCUT2D eigenvalue weighted by atomic mass is 9.92. The van der Waals surface area contributed by atoms with Crippen molar-refractivity contribution in [3.8, 4) is 11.5 Å². The summed E-state index contributed by atoms with van der Waals surface area (Å²) in [6.45, 7) is 0.447. The van der Waals surface area contributed by atoms with E-state index in [4.69, 9.17) is 9.47 Å². The lowest BCUT2D eigenvalue weighted by Crippen LogP contribution is -2.29. The van der Waals surface area contributed by atoms with E-state index in [0.29, 0.717) is 18.0 Å². The van der Waals surface area contributed by atoms with E-state index in [1.54, 1.807) is 14.2 Å². The second-order valence-corrected chi connectivity index (χ2v) is 6.15. The lowest BCUT2D eigenvalue weighted by molar-refractivity contribution is 0.163. The summed E-state index contributed by atoms with van der Waals surface area (Å²) in [6.07, 6.45) is 4.52. The molecule has 0 saturated heterocycles. The van der Waals surface area contributed by atoms with E-state index in [1.165, 1.54) is 11.3 Å². The normalized spacial score (nSPS) is 18.1. The lowest BCUT2D eigenvalue weighted by Gasteiger charge is -2.25. The zero-order chi connectivity index (χ0) is 17.1. The van der Waals surface area contributed by atoms with Gasteiger partial charge in [-0.25, -0.2) is 0 Å². The molecule has 1 aliphatic carbocycles. The molecule has 0 aliphatic heterocycles. The maximum atomic E-state index is 10.6. The van der Waals surface area contributed by atoms with Crippen LogP contribution in [-0.2, 0) is 13.5 Å². The molecule has 0 amide bonds. The van der Waals surface area contributed by atoms with Gasteiger partial charge in [-0.2, -0.15) is 5.10 Å². The second kappa shape index (κ2) is 7.23. The number of hydrogen-bond acceptors (Lipinski definition) is 5. The van der Waals surface area contributed by atoms with Gasteiger partial charge in [0.05, 0.1) is 26.5 Å². The third-order valence-corrected chi connectivity index (χ3v) is 4.73. The van der Waals surface area contributed by atoms with E-state index in [-0.39, 0.29) is 6.04 Å². The van der Waals surface area contributed by atoms with Crippen molar-refractivity contribution in [2.24, 2.45) is 7.05 Å². The molecule has 2 atom stereocenters. The molecule has 2 aromatic rings. The first-order valence-electron chi connectivity index (χ1n) is 8.28. The highest BCUT2D eigenvalue weighted by Gasteiger charge is 2.24. The summed E-state index contributed by atoms with van der Waals surface area (Å²) in [4.78, 5) is 0. The third-order valence-electron chi connectivity index (χ3n) is 4.73. The molecule has 6 heteroatoms. The second-order valence-electron chi connectivity index (χ2n) is 6.15. The molecule has 0 saturated carbocycles. The smallest absolute Gasteiger partial charge is 0.124 e. The number of benzene rings is 1. The molecule has 3 rings (SSSR count). The molecular weight excluding hydrogens is 306 g/mol. The number of aromatic nitrogens is 2. The number of aliphatic hydroxyl groups excluding tert-OH is 1. The van der Waals surface area contributed by atoms with Gasteiger partial charge in [0.25, 0.3) is 0 Å². The number of hydrogen-bond donors (Lipinski definition) is 2. The molecule has 24 heavy (non-hydrogen) atoms. The van der Waals surface area contributed by atoms with Crippen LogP contribution in [0.3, 0.4) is 0 Å². The van der Waals surface area contributed by atoms with Crippen molar-refractivity contribution in [3.63, 3.8) is 0 Å². The van der Waals surface area contributed by atoms with Gasteiger partial charge in [-0.3, -0.25) is 4.68 Å². The Bertz CT molecular complexity index is 699. The number of nitrogens with zero attached hydrogens (tertiary/aromatic N) is 2. The number of methoxy groups -OCH3 is 2. The van der Waals surface area contributed by atoms with Crippen LogP contribution in [0.4, 0.5) is 0 Å². The predicted molar refractivity (Wildman–Crippen MR) is 91.4 cm³/mol. The maximum absolute atomic E-state index is 10.6. The van der Waals surface area contributed by atoms with E-state index in [1.807, 2.05) is 36.1 Å². The molecule has 0 bridgehead atoms. The Hall–Kier alpha value is -2.05. The molecule has 0 radical (unpaired) electrons. The minimum absolute atomic E-state index is 0.230. The Morgan fingerprint density at radius 3 is 2.96 bits per heavy atom. The highest BCUT2D eigenvalue weighted by Crippen LogP contribution is 2.32. The van der Waals surface area contributed by atoms with Crippen molar-refractivity contribution in [2.45, 2.75) is 31.4 Å². The number of aryl methyl sites for hydroxylation is 1. The highest BCUT2D eigenvalue weighted by atomic mass is 16.5. The van der Waals surface area contributed by atoms with E-state index in [0.717, 1.165) is 24.8 Å².